The third kappa shape index (κ3) is 2.19. The van der Waals surface area contributed by atoms with Gasteiger partial charge in [-0.15, -0.1) is 0 Å². The van der Waals surface area contributed by atoms with E-state index in [0.717, 1.165) is 11.7 Å². The molecule has 1 aliphatic heterocycles. The Morgan fingerprint density at radius 3 is 2.45 bits per heavy atom. The summed E-state index contributed by atoms with van der Waals surface area (Å²) in [5.41, 5.74) is 2.20. The fourth-order valence-electron chi connectivity index (χ4n) is 6.35. The van der Waals surface area contributed by atoms with Crippen LogP contribution in [0.4, 0.5) is 0 Å². The Labute approximate surface area is 137 Å². The monoisotopic (exact) mass is 302 g/mol. The van der Waals surface area contributed by atoms with Crippen molar-refractivity contribution in [2.75, 3.05) is 0 Å². The van der Waals surface area contributed by atoms with E-state index in [-0.39, 0.29) is 5.60 Å². The topological polar surface area (TPSA) is 9.23 Å². The van der Waals surface area contributed by atoms with Crippen LogP contribution in [0.15, 0.2) is 24.0 Å². The van der Waals surface area contributed by atoms with Gasteiger partial charge in [0.2, 0.25) is 0 Å². The van der Waals surface area contributed by atoms with Crippen LogP contribution < -0.4 is 0 Å². The molecule has 0 aromatic heterocycles. The van der Waals surface area contributed by atoms with Crippen molar-refractivity contribution in [1.29, 1.82) is 0 Å². The second-order valence-electron chi connectivity index (χ2n) is 9.58. The second kappa shape index (κ2) is 4.89. The van der Waals surface area contributed by atoms with Gasteiger partial charge in [-0.05, 0) is 60.8 Å². The van der Waals surface area contributed by atoms with Gasteiger partial charge in [0.1, 0.15) is 11.4 Å². The Hall–Kier alpha value is -0.720. The maximum Gasteiger partial charge on any atom is 0.116 e. The van der Waals surface area contributed by atoms with Crippen LogP contribution in [0.5, 0.6) is 0 Å². The van der Waals surface area contributed by atoms with Crippen LogP contribution in [0.25, 0.3) is 0 Å². The van der Waals surface area contributed by atoms with Gasteiger partial charge in [-0.25, -0.2) is 0 Å². The number of fused-ring (bicyclic) bond motifs is 3. The summed E-state index contributed by atoms with van der Waals surface area (Å²) < 4.78 is 6.39. The van der Waals surface area contributed by atoms with Crippen molar-refractivity contribution in [1.82, 2.24) is 0 Å². The van der Waals surface area contributed by atoms with Crippen LogP contribution >= 0.6 is 0 Å². The van der Waals surface area contributed by atoms with Crippen LogP contribution in [0.1, 0.15) is 73.6 Å². The SMILES string of the molecule is C=C1O[C@]2(C)CC[C@H]3C(C)(C)CCC[C@]3(C)[C@H]2/C1=C/C(C)C. The average molecular weight is 303 g/mol. The van der Waals surface area contributed by atoms with E-state index in [2.05, 4.69) is 54.2 Å². The van der Waals surface area contributed by atoms with Gasteiger partial charge >= 0.3 is 0 Å². The lowest BCUT2D eigenvalue weighted by atomic mass is 9.45. The predicted octanol–water partition coefficient (Wildman–Crippen LogP) is 6.11. The van der Waals surface area contributed by atoms with E-state index < -0.39 is 0 Å². The van der Waals surface area contributed by atoms with Gasteiger partial charge < -0.3 is 4.74 Å². The van der Waals surface area contributed by atoms with Crippen molar-refractivity contribution in [2.24, 2.45) is 28.6 Å². The molecule has 0 radical (unpaired) electrons. The van der Waals surface area contributed by atoms with Crippen molar-refractivity contribution < 1.29 is 4.74 Å². The zero-order valence-electron chi connectivity index (χ0n) is 15.5. The Morgan fingerprint density at radius 2 is 1.82 bits per heavy atom. The molecular formula is C21H34O. The van der Waals surface area contributed by atoms with E-state index in [4.69, 9.17) is 4.74 Å². The van der Waals surface area contributed by atoms with Crippen molar-refractivity contribution in [2.45, 2.75) is 79.2 Å². The van der Waals surface area contributed by atoms with Gasteiger partial charge in [0.25, 0.3) is 0 Å². The minimum absolute atomic E-state index is 0.0313. The van der Waals surface area contributed by atoms with Gasteiger partial charge in [0.05, 0.1) is 0 Å². The molecule has 1 nitrogen and oxygen atoms in total. The third-order valence-corrected chi connectivity index (χ3v) is 6.98. The molecule has 0 spiro atoms. The van der Waals surface area contributed by atoms with Crippen LogP contribution in [0, 0.1) is 28.6 Å². The summed E-state index contributed by atoms with van der Waals surface area (Å²) in [6.45, 7) is 18.7. The first-order chi connectivity index (χ1) is 10.1. The minimum Gasteiger partial charge on any atom is -0.487 e. The average Bonchev–Trinajstić information content (AvgIpc) is 2.59. The molecule has 2 saturated carbocycles. The molecule has 0 aromatic carbocycles. The van der Waals surface area contributed by atoms with E-state index in [1.54, 1.807) is 0 Å². The van der Waals surface area contributed by atoms with Gasteiger partial charge in [-0.3, -0.25) is 0 Å². The molecule has 0 N–H and O–H groups in total. The van der Waals surface area contributed by atoms with Crippen molar-refractivity contribution in [3.63, 3.8) is 0 Å². The van der Waals surface area contributed by atoms with Gasteiger partial charge in [-0.2, -0.15) is 0 Å². The molecule has 0 amide bonds. The molecule has 1 saturated heterocycles. The number of ether oxygens (including phenoxy) is 1. The molecule has 3 fully saturated rings. The van der Waals surface area contributed by atoms with Crippen molar-refractivity contribution >= 4 is 0 Å². The summed E-state index contributed by atoms with van der Waals surface area (Å²) in [6.07, 6.45) is 8.98. The highest BCUT2D eigenvalue weighted by Gasteiger charge is 2.63. The third-order valence-electron chi connectivity index (χ3n) is 6.98. The number of rotatable bonds is 1. The Kier molecular flexibility index (Phi) is 3.59. The molecule has 3 rings (SSSR count). The lowest BCUT2D eigenvalue weighted by molar-refractivity contribution is -0.136. The lowest BCUT2D eigenvalue weighted by Gasteiger charge is -2.60. The van der Waals surface area contributed by atoms with Crippen molar-refractivity contribution in [3.8, 4) is 0 Å². The first kappa shape index (κ1) is 16.1. The van der Waals surface area contributed by atoms with Crippen molar-refractivity contribution in [3.05, 3.63) is 24.0 Å². The van der Waals surface area contributed by atoms with Crippen LogP contribution in [0.3, 0.4) is 0 Å². The van der Waals surface area contributed by atoms with Crippen LogP contribution in [0.2, 0.25) is 0 Å². The zero-order valence-corrected chi connectivity index (χ0v) is 15.5. The fourth-order valence-corrected chi connectivity index (χ4v) is 6.35. The highest BCUT2D eigenvalue weighted by molar-refractivity contribution is 5.38. The van der Waals surface area contributed by atoms with Gasteiger partial charge in [-0.1, -0.05) is 53.7 Å². The normalized spacial score (nSPS) is 45.6. The molecule has 0 aromatic rings. The molecule has 1 heterocycles. The number of allylic oxidation sites excluding steroid dienone is 2. The summed E-state index contributed by atoms with van der Waals surface area (Å²) in [5, 5.41) is 0. The highest BCUT2D eigenvalue weighted by atomic mass is 16.5. The molecule has 1 heteroatoms. The minimum atomic E-state index is -0.0313. The summed E-state index contributed by atoms with van der Waals surface area (Å²) in [4.78, 5) is 0. The highest BCUT2D eigenvalue weighted by Crippen LogP contribution is 2.67. The number of hydrogen-bond acceptors (Lipinski definition) is 1. The first-order valence-corrected chi connectivity index (χ1v) is 9.20. The standard InChI is InChI=1S/C21H34O/c1-14(2)13-16-15(3)22-21(7)12-9-17-19(4,5)10-8-11-20(17,6)18(16)21/h13-14,17-18H,3,8-12H2,1-2,4-7H3/b16-13+/t17-,18+,20-,21+/m0/s1. The largest absolute Gasteiger partial charge is 0.487 e. The van der Waals surface area contributed by atoms with E-state index >= 15 is 0 Å². The maximum atomic E-state index is 6.39. The van der Waals surface area contributed by atoms with E-state index in [9.17, 15) is 0 Å². The summed E-state index contributed by atoms with van der Waals surface area (Å²) >= 11 is 0. The van der Waals surface area contributed by atoms with Crippen LogP contribution in [-0.2, 0) is 4.74 Å². The van der Waals surface area contributed by atoms with Gasteiger partial charge in [0.15, 0.2) is 0 Å². The Morgan fingerprint density at radius 1 is 1.14 bits per heavy atom. The molecule has 4 atom stereocenters. The smallest absolute Gasteiger partial charge is 0.116 e. The van der Waals surface area contributed by atoms with Gasteiger partial charge in [0, 0.05) is 5.92 Å². The summed E-state index contributed by atoms with van der Waals surface area (Å²) in [6, 6.07) is 0. The number of hydrogen-bond donors (Lipinski definition) is 0. The Balaban J connectivity index is 2.10. The molecule has 124 valence electrons. The molecule has 0 bridgehead atoms. The Bertz CT molecular complexity index is 512. The molecule has 22 heavy (non-hydrogen) atoms. The fraction of sp³-hybridized carbons (Fsp3) is 0.810. The maximum absolute atomic E-state index is 6.39. The molecular weight excluding hydrogens is 268 g/mol. The summed E-state index contributed by atoms with van der Waals surface area (Å²) in [7, 11) is 0. The second-order valence-corrected chi connectivity index (χ2v) is 9.58. The molecule has 0 unspecified atom stereocenters. The van der Waals surface area contributed by atoms with E-state index in [0.29, 0.717) is 22.7 Å². The van der Waals surface area contributed by atoms with E-state index in [1.165, 1.54) is 37.7 Å². The predicted molar refractivity (Wildman–Crippen MR) is 93.5 cm³/mol. The molecule has 2 aliphatic carbocycles. The molecule has 3 aliphatic rings. The first-order valence-electron chi connectivity index (χ1n) is 9.20. The van der Waals surface area contributed by atoms with Crippen LogP contribution in [-0.4, -0.2) is 5.60 Å². The summed E-state index contributed by atoms with van der Waals surface area (Å²) in [5.74, 6) is 2.83. The zero-order chi connectivity index (χ0) is 16.3. The lowest BCUT2D eigenvalue weighted by Crippen LogP contribution is -2.56. The quantitative estimate of drug-likeness (QED) is 0.567. The van der Waals surface area contributed by atoms with E-state index in [1.807, 2.05) is 0 Å².